The Hall–Kier alpha value is -2.56. The van der Waals surface area contributed by atoms with Gasteiger partial charge >= 0.3 is 0 Å². The molecule has 0 spiro atoms. The van der Waals surface area contributed by atoms with Gasteiger partial charge in [-0.3, -0.25) is 9.59 Å². The van der Waals surface area contributed by atoms with Gasteiger partial charge in [-0.15, -0.1) is 0 Å². The molecule has 5 heteroatoms. The van der Waals surface area contributed by atoms with Gasteiger partial charge in [-0.2, -0.15) is 0 Å². The van der Waals surface area contributed by atoms with Crippen LogP contribution in [0.25, 0.3) is 0 Å². The second-order valence-corrected chi connectivity index (χ2v) is 4.24. The van der Waals surface area contributed by atoms with Crippen LogP contribution in [0.1, 0.15) is 29.5 Å². The van der Waals surface area contributed by atoms with Gasteiger partial charge in [0.25, 0.3) is 5.91 Å². The zero-order valence-corrected chi connectivity index (χ0v) is 11.2. The summed E-state index contributed by atoms with van der Waals surface area (Å²) >= 11 is 0. The van der Waals surface area contributed by atoms with E-state index in [9.17, 15) is 9.59 Å². The first-order chi connectivity index (χ1) is 9.69. The van der Waals surface area contributed by atoms with Crippen LogP contribution >= 0.6 is 0 Å². The summed E-state index contributed by atoms with van der Waals surface area (Å²) in [5, 5.41) is 5.47. The quantitative estimate of drug-likeness (QED) is 0.878. The molecule has 104 valence electrons. The Bertz CT molecular complexity index is 591. The summed E-state index contributed by atoms with van der Waals surface area (Å²) in [6.45, 7) is 2.10. The van der Waals surface area contributed by atoms with Crippen molar-refractivity contribution >= 4 is 17.5 Å². The SMILES string of the molecule is CCC(=O)Nc1cccc(C(=O)NCc2ccco2)c1. The number of nitrogens with one attached hydrogen (secondary N) is 2. The number of amides is 2. The monoisotopic (exact) mass is 272 g/mol. The Balaban J connectivity index is 1.98. The second-order valence-electron chi connectivity index (χ2n) is 4.24. The lowest BCUT2D eigenvalue weighted by atomic mass is 10.2. The van der Waals surface area contributed by atoms with Crippen molar-refractivity contribution in [3.05, 3.63) is 54.0 Å². The minimum absolute atomic E-state index is 0.0851. The first-order valence-corrected chi connectivity index (χ1v) is 6.39. The molecule has 0 aliphatic heterocycles. The van der Waals surface area contributed by atoms with Crippen LogP contribution in [0, 0.1) is 0 Å². The van der Waals surface area contributed by atoms with Gasteiger partial charge in [-0.1, -0.05) is 13.0 Å². The average Bonchev–Trinajstić information content (AvgIpc) is 2.98. The van der Waals surface area contributed by atoms with E-state index < -0.39 is 0 Å². The third-order valence-electron chi connectivity index (χ3n) is 2.73. The summed E-state index contributed by atoms with van der Waals surface area (Å²) in [5.41, 5.74) is 1.10. The molecule has 20 heavy (non-hydrogen) atoms. The summed E-state index contributed by atoms with van der Waals surface area (Å²) in [4.78, 5) is 23.3. The van der Waals surface area contributed by atoms with Crippen molar-refractivity contribution < 1.29 is 14.0 Å². The van der Waals surface area contributed by atoms with Gasteiger partial charge in [0.2, 0.25) is 5.91 Å². The van der Waals surface area contributed by atoms with E-state index in [1.54, 1.807) is 49.6 Å². The van der Waals surface area contributed by atoms with Gasteiger partial charge in [-0.25, -0.2) is 0 Å². The number of carbonyl (C=O) groups is 2. The molecule has 1 heterocycles. The van der Waals surface area contributed by atoms with Crippen LogP contribution in [0.2, 0.25) is 0 Å². The number of anilines is 1. The number of furan rings is 1. The lowest BCUT2D eigenvalue weighted by molar-refractivity contribution is -0.115. The Morgan fingerprint density at radius 2 is 2.05 bits per heavy atom. The molecule has 0 aliphatic carbocycles. The Morgan fingerprint density at radius 1 is 1.20 bits per heavy atom. The fourth-order valence-electron chi connectivity index (χ4n) is 1.67. The van der Waals surface area contributed by atoms with Crippen LogP contribution in [0.4, 0.5) is 5.69 Å². The number of benzene rings is 1. The van der Waals surface area contributed by atoms with Crippen LogP contribution in [0.5, 0.6) is 0 Å². The molecule has 0 radical (unpaired) electrons. The van der Waals surface area contributed by atoms with E-state index in [0.717, 1.165) is 0 Å². The number of carbonyl (C=O) groups excluding carboxylic acids is 2. The molecule has 0 atom stereocenters. The predicted octanol–water partition coefficient (Wildman–Crippen LogP) is 2.56. The Morgan fingerprint density at radius 3 is 2.75 bits per heavy atom. The fourth-order valence-corrected chi connectivity index (χ4v) is 1.67. The maximum absolute atomic E-state index is 12.0. The molecule has 2 aromatic rings. The molecule has 0 bridgehead atoms. The number of rotatable bonds is 5. The van der Waals surface area contributed by atoms with E-state index in [-0.39, 0.29) is 11.8 Å². The van der Waals surface area contributed by atoms with Crippen LogP contribution in [0.15, 0.2) is 47.1 Å². The highest BCUT2D eigenvalue weighted by Gasteiger charge is 2.07. The van der Waals surface area contributed by atoms with Crippen LogP contribution < -0.4 is 10.6 Å². The van der Waals surface area contributed by atoms with Gasteiger partial charge in [0, 0.05) is 17.7 Å². The molecule has 0 saturated heterocycles. The molecular weight excluding hydrogens is 256 g/mol. The van der Waals surface area contributed by atoms with Crippen molar-refractivity contribution in [2.75, 3.05) is 5.32 Å². The van der Waals surface area contributed by atoms with Crippen molar-refractivity contribution in [2.45, 2.75) is 19.9 Å². The highest BCUT2D eigenvalue weighted by Crippen LogP contribution is 2.11. The molecule has 1 aromatic heterocycles. The normalized spacial score (nSPS) is 10.1. The molecule has 0 aliphatic rings. The predicted molar refractivity (Wildman–Crippen MR) is 75.2 cm³/mol. The van der Waals surface area contributed by atoms with E-state index in [1.165, 1.54) is 0 Å². The third-order valence-corrected chi connectivity index (χ3v) is 2.73. The number of hydrogen-bond donors (Lipinski definition) is 2. The minimum atomic E-state index is -0.214. The largest absolute Gasteiger partial charge is 0.467 e. The standard InChI is InChI=1S/C15H16N2O3/c1-2-14(18)17-12-6-3-5-11(9-12)15(19)16-10-13-7-4-8-20-13/h3-9H,2,10H2,1H3,(H,16,19)(H,17,18). The third kappa shape index (κ3) is 3.71. The maximum Gasteiger partial charge on any atom is 0.251 e. The topological polar surface area (TPSA) is 71.3 Å². The summed E-state index contributed by atoms with van der Waals surface area (Å²) in [5.74, 6) is 0.390. The minimum Gasteiger partial charge on any atom is -0.467 e. The van der Waals surface area contributed by atoms with Crippen LogP contribution in [-0.4, -0.2) is 11.8 Å². The second kappa shape index (κ2) is 6.56. The van der Waals surface area contributed by atoms with Crippen molar-refractivity contribution in [2.24, 2.45) is 0 Å². The van der Waals surface area contributed by atoms with Gasteiger partial charge < -0.3 is 15.1 Å². The smallest absolute Gasteiger partial charge is 0.251 e. The molecule has 2 N–H and O–H groups in total. The summed E-state index contributed by atoms with van der Waals surface area (Å²) < 4.78 is 5.14. The maximum atomic E-state index is 12.0. The van der Waals surface area contributed by atoms with Crippen LogP contribution in [-0.2, 0) is 11.3 Å². The summed E-state index contributed by atoms with van der Waals surface area (Å²) in [6, 6.07) is 10.4. The lowest BCUT2D eigenvalue weighted by Crippen LogP contribution is -2.22. The van der Waals surface area contributed by atoms with Crippen molar-refractivity contribution in [1.82, 2.24) is 5.32 Å². The van der Waals surface area contributed by atoms with E-state index >= 15 is 0 Å². The van der Waals surface area contributed by atoms with Gasteiger partial charge in [-0.05, 0) is 30.3 Å². The van der Waals surface area contributed by atoms with Crippen LogP contribution in [0.3, 0.4) is 0 Å². The van der Waals surface area contributed by atoms with Gasteiger partial charge in [0.1, 0.15) is 5.76 Å². The zero-order valence-electron chi connectivity index (χ0n) is 11.2. The lowest BCUT2D eigenvalue weighted by Gasteiger charge is -2.07. The first kappa shape index (κ1) is 13.9. The highest BCUT2D eigenvalue weighted by molar-refractivity contribution is 5.97. The Kier molecular flexibility index (Phi) is 4.55. The first-order valence-electron chi connectivity index (χ1n) is 6.39. The highest BCUT2D eigenvalue weighted by atomic mass is 16.3. The molecule has 0 unspecified atom stereocenters. The van der Waals surface area contributed by atoms with Crippen molar-refractivity contribution in [1.29, 1.82) is 0 Å². The molecular formula is C15H16N2O3. The molecule has 0 fully saturated rings. The molecule has 2 amide bonds. The van der Waals surface area contributed by atoms with E-state index in [4.69, 9.17) is 4.42 Å². The van der Waals surface area contributed by atoms with Crippen molar-refractivity contribution in [3.8, 4) is 0 Å². The molecule has 5 nitrogen and oxygen atoms in total. The zero-order chi connectivity index (χ0) is 14.4. The summed E-state index contributed by atoms with van der Waals surface area (Å²) in [6.07, 6.45) is 1.96. The number of hydrogen-bond acceptors (Lipinski definition) is 3. The summed E-state index contributed by atoms with van der Waals surface area (Å²) in [7, 11) is 0. The molecule has 1 aromatic carbocycles. The average molecular weight is 272 g/mol. The molecule has 2 rings (SSSR count). The molecule has 0 saturated carbocycles. The van der Waals surface area contributed by atoms with E-state index in [2.05, 4.69) is 10.6 Å². The van der Waals surface area contributed by atoms with Crippen molar-refractivity contribution in [3.63, 3.8) is 0 Å². The van der Waals surface area contributed by atoms with E-state index in [1.807, 2.05) is 0 Å². The fraction of sp³-hybridized carbons (Fsp3) is 0.200. The Labute approximate surface area is 117 Å². The van der Waals surface area contributed by atoms with Gasteiger partial charge in [0.15, 0.2) is 0 Å². The van der Waals surface area contributed by atoms with E-state index in [0.29, 0.717) is 30.0 Å². The van der Waals surface area contributed by atoms with Gasteiger partial charge in [0.05, 0.1) is 12.8 Å².